The molecule has 0 atom stereocenters. The molecule has 0 bridgehead atoms. The first-order chi connectivity index (χ1) is 6.79. The minimum Gasteiger partial charge on any atom is -0.143 e. The van der Waals surface area contributed by atoms with Crippen LogP contribution in [0.15, 0.2) is 70.5 Å². The Morgan fingerprint density at radius 2 is 0.800 bits per heavy atom. The smallest absolute Gasteiger partial charge is 0.00399 e. The largest absolute Gasteiger partial charge is 0.143 e. The first-order valence-electron chi connectivity index (χ1n) is 4.27. The van der Waals surface area contributed by atoms with Gasteiger partial charge in [0.05, 0.1) is 0 Å². The van der Waals surface area contributed by atoms with E-state index in [0.29, 0.717) is 0 Å². The van der Waals surface area contributed by atoms with E-state index in [1.165, 1.54) is 0 Å². The molecular weight excluding hydrogens is 415 g/mol. The van der Waals surface area contributed by atoms with Crippen LogP contribution in [0, 0.1) is 0 Å². The molecule has 0 spiro atoms. The van der Waals surface area contributed by atoms with Crippen LogP contribution in [0.25, 0.3) is 0 Å². The molecular formula is C12H12PbS2. The van der Waals surface area contributed by atoms with Crippen LogP contribution in [-0.4, -0.2) is 27.3 Å². The van der Waals surface area contributed by atoms with Crippen molar-refractivity contribution in [2.75, 3.05) is 0 Å². The van der Waals surface area contributed by atoms with Gasteiger partial charge in [0, 0.05) is 37.1 Å². The van der Waals surface area contributed by atoms with Crippen molar-refractivity contribution in [2.24, 2.45) is 0 Å². The van der Waals surface area contributed by atoms with Crippen LogP contribution in [0.2, 0.25) is 0 Å². The molecule has 3 heteroatoms. The summed E-state index contributed by atoms with van der Waals surface area (Å²) in [5.74, 6) is 0. The van der Waals surface area contributed by atoms with Crippen molar-refractivity contribution < 1.29 is 0 Å². The molecule has 0 aliphatic rings. The van der Waals surface area contributed by atoms with E-state index >= 15 is 0 Å². The molecule has 2 rings (SSSR count). The van der Waals surface area contributed by atoms with Crippen LogP contribution in [0.5, 0.6) is 0 Å². The van der Waals surface area contributed by atoms with Gasteiger partial charge in [0.25, 0.3) is 0 Å². The molecule has 0 saturated heterocycles. The zero-order valence-electron chi connectivity index (χ0n) is 8.17. The molecule has 0 heterocycles. The van der Waals surface area contributed by atoms with E-state index < -0.39 is 0 Å². The molecule has 0 aromatic heterocycles. The summed E-state index contributed by atoms with van der Waals surface area (Å²) in [5, 5.41) is 0. The molecule has 0 unspecified atom stereocenters. The van der Waals surface area contributed by atoms with Gasteiger partial charge < -0.3 is 0 Å². The van der Waals surface area contributed by atoms with E-state index in [9.17, 15) is 0 Å². The molecule has 0 amide bonds. The fraction of sp³-hybridized carbons (Fsp3) is 0. The summed E-state index contributed by atoms with van der Waals surface area (Å²) in [6.45, 7) is 0. The van der Waals surface area contributed by atoms with E-state index in [-0.39, 0.29) is 27.3 Å². The molecule has 0 aliphatic carbocycles. The number of thiol groups is 2. The predicted molar refractivity (Wildman–Crippen MR) is 73.1 cm³/mol. The van der Waals surface area contributed by atoms with Gasteiger partial charge in [-0.25, -0.2) is 0 Å². The first-order valence-corrected chi connectivity index (χ1v) is 5.16. The third-order valence-electron chi connectivity index (χ3n) is 1.51. The summed E-state index contributed by atoms with van der Waals surface area (Å²) in [5.41, 5.74) is 0. The predicted octanol–water partition coefficient (Wildman–Crippen LogP) is 3.57. The van der Waals surface area contributed by atoms with E-state index in [2.05, 4.69) is 25.3 Å². The van der Waals surface area contributed by atoms with Crippen LogP contribution in [0.4, 0.5) is 0 Å². The molecule has 2 aromatic rings. The summed E-state index contributed by atoms with van der Waals surface area (Å²) in [6, 6.07) is 19.6. The van der Waals surface area contributed by atoms with Gasteiger partial charge in [-0.3, -0.25) is 0 Å². The number of hydrogen-bond donors (Lipinski definition) is 2. The second-order valence-electron chi connectivity index (χ2n) is 2.67. The van der Waals surface area contributed by atoms with Crippen molar-refractivity contribution in [1.82, 2.24) is 0 Å². The van der Waals surface area contributed by atoms with Gasteiger partial charge >= 0.3 is 0 Å². The van der Waals surface area contributed by atoms with Crippen LogP contribution >= 0.6 is 25.3 Å². The summed E-state index contributed by atoms with van der Waals surface area (Å²) >= 11 is 8.17. The third kappa shape index (κ3) is 7.93. The van der Waals surface area contributed by atoms with Gasteiger partial charge in [-0.1, -0.05) is 36.4 Å². The molecule has 0 saturated carbocycles. The number of hydrogen-bond acceptors (Lipinski definition) is 2. The van der Waals surface area contributed by atoms with Gasteiger partial charge in [0.2, 0.25) is 0 Å². The van der Waals surface area contributed by atoms with Gasteiger partial charge in [-0.15, -0.1) is 25.3 Å². The SMILES string of the molecule is Sc1ccccc1.Sc1ccccc1.[Pb]. The maximum atomic E-state index is 4.08. The third-order valence-corrected chi connectivity index (χ3v) is 2.11. The topological polar surface area (TPSA) is 0 Å². The average Bonchev–Trinajstić information content (AvgIpc) is 2.21. The Balaban J connectivity index is 0.000000245. The normalized spacial score (nSPS) is 8.13. The van der Waals surface area contributed by atoms with Gasteiger partial charge in [-0.05, 0) is 24.3 Å². The second-order valence-corrected chi connectivity index (χ2v) is 3.70. The Morgan fingerprint density at radius 1 is 0.533 bits per heavy atom. The van der Waals surface area contributed by atoms with Crippen molar-refractivity contribution in [2.45, 2.75) is 9.79 Å². The van der Waals surface area contributed by atoms with Crippen molar-refractivity contribution in [3.05, 3.63) is 60.7 Å². The molecule has 0 fully saturated rings. The van der Waals surface area contributed by atoms with Crippen molar-refractivity contribution in [1.29, 1.82) is 0 Å². The number of rotatable bonds is 0. The summed E-state index contributed by atoms with van der Waals surface area (Å²) in [7, 11) is 0. The average molecular weight is 428 g/mol. The Kier molecular flexibility index (Phi) is 9.34. The standard InChI is InChI=1S/2C6H6S.Pb/c2*7-6-4-2-1-3-5-6;/h2*1-5,7H;. The fourth-order valence-corrected chi connectivity index (χ4v) is 1.20. The molecule has 15 heavy (non-hydrogen) atoms. The second kappa shape index (κ2) is 9.30. The Labute approximate surface area is 122 Å². The van der Waals surface area contributed by atoms with E-state index in [4.69, 9.17) is 0 Å². The van der Waals surface area contributed by atoms with Crippen molar-refractivity contribution in [3.8, 4) is 0 Å². The van der Waals surface area contributed by atoms with Crippen LogP contribution < -0.4 is 0 Å². The maximum Gasteiger partial charge on any atom is 0.00399 e. The van der Waals surface area contributed by atoms with Gasteiger partial charge in [0.15, 0.2) is 0 Å². The van der Waals surface area contributed by atoms with E-state index in [1.54, 1.807) is 0 Å². The van der Waals surface area contributed by atoms with Crippen molar-refractivity contribution >= 4 is 52.6 Å². The molecule has 2 aromatic carbocycles. The molecule has 0 N–H and O–H groups in total. The molecule has 76 valence electrons. The van der Waals surface area contributed by atoms with Crippen LogP contribution in [0.1, 0.15) is 0 Å². The Morgan fingerprint density at radius 3 is 0.933 bits per heavy atom. The van der Waals surface area contributed by atoms with E-state index in [1.807, 2.05) is 60.7 Å². The van der Waals surface area contributed by atoms with Gasteiger partial charge in [-0.2, -0.15) is 0 Å². The summed E-state index contributed by atoms with van der Waals surface area (Å²) in [4.78, 5) is 2.03. The monoisotopic (exact) mass is 428 g/mol. The van der Waals surface area contributed by atoms with Crippen LogP contribution in [0.3, 0.4) is 0 Å². The Hall–Kier alpha value is 0.0621. The van der Waals surface area contributed by atoms with Crippen LogP contribution in [-0.2, 0) is 0 Å². The fourth-order valence-electron chi connectivity index (χ4n) is 0.856. The summed E-state index contributed by atoms with van der Waals surface area (Å²) < 4.78 is 0. The maximum absolute atomic E-state index is 4.08. The minimum atomic E-state index is 0. The zero-order valence-corrected chi connectivity index (χ0v) is 13.8. The summed E-state index contributed by atoms with van der Waals surface area (Å²) in [6.07, 6.45) is 0. The molecule has 4 radical (unpaired) electrons. The first kappa shape index (κ1) is 15.1. The van der Waals surface area contributed by atoms with E-state index in [0.717, 1.165) is 9.79 Å². The minimum absolute atomic E-state index is 0. The number of benzene rings is 2. The Bertz CT molecular complexity index is 311. The van der Waals surface area contributed by atoms with Crippen molar-refractivity contribution in [3.63, 3.8) is 0 Å². The quantitative estimate of drug-likeness (QED) is 0.466. The molecule has 0 nitrogen and oxygen atoms in total. The van der Waals surface area contributed by atoms with Gasteiger partial charge in [0.1, 0.15) is 0 Å². The zero-order chi connectivity index (χ0) is 10.2. The molecule has 0 aliphatic heterocycles.